The summed E-state index contributed by atoms with van der Waals surface area (Å²) in [4.78, 5) is 11.4. The molecule has 0 radical (unpaired) electrons. The maximum atomic E-state index is 11.4. The first-order chi connectivity index (χ1) is 8.68. The van der Waals surface area contributed by atoms with Crippen LogP contribution in [-0.2, 0) is 9.53 Å². The molecule has 0 spiro atoms. The summed E-state index contributed by atoms with van der Waals surface area (Å²) in [5.41, 5.74) is 1.03. The van der Waals surface area contributed by atoms with Crippen molar-refractivity contribution in [2.24, 2.45) is 5.92 Å². The number of hydrogen-bond acceptors (Lipinski definition) is 3. The number of anilines is 1. The molecule has 0 bridgehead atoms. The highest BCUT2D eigenvalue weighted by Crippen LogP contribution is 2.05. The van der Waals surface area contributed by atoms with Gasteiger partial charge in [0.25, 0.3) is 0 Å². The molecule has 0 unspecified atom stereocenters. The Kier molecular flexibility index (Phi) is 6.92. The third-order valence-electron chi connectivity index (χ3n) is 2.62. The zero-order valence-electron chi connectivity index (χ0n) is 11.3. The second-order valence-corrected chi connectivity index (χ2v) is 4.80. The second kappa shape index (κ2) is 8.56. The number of para-hydroxylation sites is 1. The summed E-state index contributed by atoms with van der Waals surface area (Å²) in [6.45, 7) is 5.51. The molecule has 3 nitrogen and oxygen atoms in total. The van der Waals surface area contributed by atoms with Crippen molar-refractivity contribution < 1.29 is 9.53 Å². The molecule has 0 saturated heterocycles. The smallest absolute Gasteiger partial charge is 0.307 e. The number of benzene rings is 1. The van der Waals surface area contributed by atoms with Crippen molar-refractivity contribution in [1.29, 1.82) is 0 Å². The molecule has 1 N–H and O–H groups in total. The maximum Gasteiger partial charge on any atom is 0.307 e. The van der Waals surface area contributed by atoms with Crippen LogP contribution in [0.3, 0.4) is 0 Å². The Morgan fingerprint density at radius 3 is 2.67 bits per heavy atom. The lowest BCUT2D eigenvalue weighted by Gasteiger charge is -2.08. The quantitative estimate of drug-likeness (QED) is 0.566. The predicted octanol–water partition coefficient (Wildman–Crippen LogP) is 3.47. The lowest BCUT2D eigenvalue weighted by atomic mass is 10.1. The van der Waals surface area contributed by atoms with Crippen molar-refractivity contribution >= 4 is 11.7 Å². The molecule has 18 heavy (non-hydrogen) atoms. The first-order valence-corrected chi connectivity index (χ1v) is 6.63. The molecule has 1 rings (SSSR count). The number of ether oxygens (including phenoxy) is 1. The number of nitrogens with one attached hydrogen (secondary N) is 1. The predicted molar refractivity (Wildman–Crippen MR) is 74.6 cm³/mol. The van der Waals surface area contributed by atoms with Crippen molar-refractivity contribution in [3.05, 3.63) is 30.3 Å². The van der Waals surface area contributed by atoms with Crippen LogP contribution in [-0.4, -0.2) is 19.1 Å². The van der Waals surface area contributed by atoms with Gasteiger partial charge in [-0.2, -0.15) is 0 Å². The van der Waals surface area contributed by atoms with Gasteiger partial charge in [-0.25, -0.2) is 0 Å². The Morgan fingerprint density at radius 1 is 1.28 bits per heavy atom. The van der Waals surface area contributed by atoms with Crippen molar-refractivity contribution in [1.82, 2.24) is 0 Å². The monoisotopic (exact) mass is 249 g/mol. The molecular formula is C15H23NO2. The summed E-state index contributed by atoms with van der Waals surface area (Å²) in [5, 5.41) is 3.18. The zero-order chi connectivity index (χ0) is 13.2. The fraction of sp³-hybridized carbons (Fsp3) is 0.533. The average Bonchev–Trinajstić information content (AvgIpc) is 2.36. The molecule has 0 amide bonds. The van der Waals surface area contributed by atoms with Gasteiger partial charge in [0.05, 0.1) is 13.0 Å². The molecule has 0 aliphatic rings. The van der Waals surface area contributed by atoms with Crippen molar-refractivity contribution in [2.45, 2.75) is 33.1 Å². The van der Waals surface area contributed by atoms with Crippen molar-refractivity contribution in [3.8, 4) is 0 Å². The maximum absolute atomic E-state index is 11.4. The van der Waals surface area contributed by atoms with Crippen LogP contribution >= 0.6 is 0 Å². The Morgan fingerprint density at radius 2 is 2.00 bits per heavy atom. The van der Waals surface area contributed by atoms with Gasteiger partial charge in [0.15, 0.2) is 0 Å². The number of rotatable bonds is 8. The molecule has 1 aromatic rings. The highest BCUT2D eigenvalue weighted by Gasteiger charge is 2.02. The topological polar surface area (TPSA) is 38.3 Å². The van der Waals surface area contributed by atoms with E-state index in [2.05, 4.69) is 19.2 Å². The van der Waals surface area contributed by atoms with Crippen LogP contribution in [0.15, 0.2) is 30.3 Å². The summed E-state index contributed by atoms with van der Waals surface area (Å²) >= 11 is 0. The van der Waals surface area contributed by atoms with Gasteiger partial charge >= 0.3 is 5.97 Å². The SMILES string of the molecule is CC(C)CCCOC(=O)CCNc1ccccc1. The van der Waals surface area contributed by atoms with E-state index in [1.807, 2.05) is 30.3 Å². The van der Waals surface area contributed by atoms with Gasteiger partial charge in [-0.15, -0.1) is 0 Å². The number of hydrogen-bond donors (Lipinski definition) is 1. The minimum Gasteiger partial charge on any atom is -0.466 e. The van der Waals surface area contributed by atoms with Gasteiger partial charge in [0.2, 0.25) is 0 Å². The van der Waals surface area contributed by atoms with E-state index in [-0.39, 0.29) is 5.97 Å². The molecule has 0 fully saturated rings. The van der Waals surface area contributed by atoms with E-state index in [0.717, 1.165) is 18.5 Å². The summed E-state index contributed by atoms with van der Waals surface area (Å²) in [6.07, 6.45) is 2.47. The van der Waals surface area contributed by atoms with E-state index in [1.165, 1.54) is 0 Å². The van der Waals surface area contributed by atoms with E-state index < -0.39 is 0 Å². The normalized spacial score (nSPS) is 10.4. The molecule has 0 saturated carbocycles. The molecule has 1 aromatic carbocycles. The van der Waals surface area contributed by atoms with Gasteiger partial charge in [-0.1, -0.05) is 32.0 Å². The van der Waals surface area contributed by atoms with Crippen LogP contribution in [0.1, 0.15) is 33.1 Å². The standard InChI is InChI=1S/C15H23NO2/c1-13(2)7-6-12-18-15(17)10-11-16-14-8-4-3-5-9-14/h3-5,8-9,13,16H,6-7,10-12H2,1-2H3. The second-order valence-electron chi connectivity index (χ2n) is 4.80. The number of carbonyl (C=O) groups is 1. The Labute approximate surface area is 110 Å². The first kappa shape index (κ1) is 14.6. The van der Waals surface area contributed by atoms with Crippen LogP contribution in [0.2, 0.25) is 0 Å². The molecule has 0 aromatic heterocycles. The third-order valence-corrected chi connectivity index (χ3v) is 2.62. The van der Waals surface area contributed by atoms with E-state index in [1.54, 1.807) is 0 Å². The Hall–Kier alpha value is -1.51. The fourth-order valence-electron chi connectivity index (χ4n) is 1.61. The van der Waals surface area contributed by atoms with Crippen LogP contribution in [0.4, 0.5) is 5.69 Å². The van der Waals surface area contributed by atoms with Crippen LogP contribution < -0.4 is 5.32 Å². The van der Waals surface area contributed by atoms with Gasteiger partial charge in [-0.3, -0.25) is 4.79 Å². The molecular weight excluding hydrogens is 226 g/mol. The highest BCUT2D eigenvalue weighted by atomic mass is 16.5. The van der Waals surface area contributed by atoms with Gasteiger partial charge < -0.3 is 10.1 Å². The van der Waals surface area contributed by atoms with Crippen LogP contribution in [0.25, 0.3) is 0 Å². The lowest BCUT2D eigenvalue weighted by molar-refractivity contribution is -0.143. The van der Waals surface area contributed by atoms with E-state index in [0.29, 0.717) is 25.5 Å². The van der Waals surface area contributed by atoms with Gasteiger partial charge in [0.1, 0.15) is 0 Å². The van der Waals surface area contributed by atoms with E-state index in [4.69, 9.17) is 4.74 Å². The minimum atomic E-state index is -0.123. The minimum absolute atomic E-state index is 0.123. The van der Waals surface area contributed by atoms with E-state index >= 15 is 0 Å². The zero-order valence-corrected chi connectivity index (χ0v) is 11.3. The fourth-order valence-corrected chi connectivity index (χ4v) is 1.61. The van der Waals surface area contributed by atoms with Gasteiger partial charge in [0, 0.05) is 12.2 Å². The van der Waals surface area contributed by atoms with E-state index in [9.17, 15) is 4.79 Å². The summed E-state index contributed by atoms with van der Waals surface area (Å²) in [6, 6.07) is 9.86. The first-order valence-electron chi connectivity index (χ1n) is 6.63. The molecule has 0 heterocycles. The molecule has 3 heteroatoms. The van der Waals surface area contributed by atoms with Crippen molar-refractivity contribution in [2.75, 3.05) is 18.5 Å². The molecule has 100 valence electrons. The molecule has 0 aliphatic heterocycles. The van der Waals surface area contributed by atoms with Crippen LogP contribution in [0, 0.1) is 5.92 Å². The Balaban J connectivity index is 2.03. The molecule has 0 atom stereocenters. The highest BCUT2D eigenvalue weighted by molar-refractivity contribution is 5.70. The Bertz CT molecular complexity index is 336. The lowest BCUT2D eigenvalue weighted by Crippen LogP contribution is -2.12. The molecule has 0 aliphatic carbocycles. The summed E-state index contributed by atoms with van der Waals surface area (Å²) < 4.78 is 5.15. The number of carbonyl (C=O) groups excluding carboxylic acids is 1. The van der Waals surface area contributed by atoms with Crippen LogP contribution in [0.5, 0.6) is 0 Å². The largest absolute Gasteiger partial charge is 0.466 e. The third kappa shape index (κ3) is 6.94. The van der Waals surface area contributed by atoms with Crippen molar-refractivity contribution in [3.63, 3.8) is 0 Å². The van der Waals surface area contributed by atoms with Gasteiger partial charge in [-0.05, 0) is 30.9 Å². The number of esters is 1. The summed E-state index contributed by atoms with van der Waals surface area (Å²) in [5.74, 6) is 0.547. The average molecular weight is 249 g/mol. The summed E-state index contributed by atoms with van der Waals surface area (Å²) in [7, 11) is 0.